The number of amides is 1. The van der Waals surface area contributed by atoms with Crippen molar-refractivity contribution in [3.05, 3.63) is 86.1 Å². The molecule has 144 valence electrons. The van der Waals surface area contributed by atoms with Crippen LogP contribution in [-0.4, -0.2) is 10.8 Å². The first kappa shape index (κ1) is 20.1. The second-order valence-corrected chi connectivity index (χ2v) is 6.60. The summed E-state index contributed by atoms with van der Waals surface area (Å²) in [5.41, 5.74) is 0.434. The van der Waals surface area contributed by atoms with Gasteiger partial charge in [-0.15, -0.1) is 0 Å². The molecule has 3 aromatic rings. The van der Waals surface area contributed by atoms with Gasteiger partial charge in [-0.2, -0.15) is 5.26 Å². The number of nitriles is 1. The third-order valence-corrected chi connectivity index (χ3v) is 4.34. The van der Waals surface area contributed by atoms with Crippen molar-refractivity contribution in [2.45, 2.75) is 0 Å². The first-order chi connectivity index (χ1) is 13.9. The number of nitrogens with one attached hydrogen (secondary N) is 1. The van der Waals surface area contributed by atoms with Gasteiger partial charge in [0.2, 0.25) is 0 Å². The van der Waals surface area contributed by atoms with E-state index in [-0.39, 0.29) is 22.0 Å². The summed E-state index contributed by atoms with van der Waals surface area (Å²) < 4.78 is 5.60. The third kappa shape index (κ3) is 4.82. The van der Waals surface area contributed by atoms with Gasteiger partial charge in [0.05, 0.1) is 4.92 Å². The second-order valence-electron chi connectivity index (χ2n) is 5.76. The lowest BCUT2D eigenvalue weighted by atomic mass is 10.1. The van der Waals surface area contributed by atoms with Gasteiger partial charge in [0.15, 0.2) is 0 Å². The van der Waals surface area contributed by atoms with Crippen LogP contribution in [0.1, 0.15) is 5.76 Å². The zero-order valence-electron chi connectivity index (χ0n) is 14.6. The van der Waals surface area contributed by atoms with Crippen LogP contribution in [0, 0.1) is 21.4 Å². The van der Waals surface area contributed by atoms with Crippen molar-refractivity contribution in [1.29, 1.82) is 5.26 Å². The Labute approximate surface area is 174 Å². The van der Waals surface area contributed by atoms with Crippen LogP contribution >= 0.6 is 23.2 Å². The van der Waals surface area contributed by atoms with Crippen molar-refractivity contribution < 1.29 is 14.1 Å². The molecule has 7 nitrogen and oxygen atoms in total. The van der Waals surface area contributed by atoms with Crippen LogP contribution in [0.2, 0.25) is 10.0 Å². The Morgan fingerprint density at radius 2 is 1.97 bits per heavy atom. The maximum Gasteiger partial charge on any atom is 0.288 e. The van der Waals surface area contributed by atoms with E-state index in [9.17, 15) is 20.2 Å². The molecule has 0 bridgehead atoms. The smallest absolute Gasteiger partial charge is 0.288 e. The zero-order chi connectivity index (χ0) is 21.0. The van der Waals surface area contributed by atoms with Crippen molar-refractivity contribution in [2.75, 3.05) is 5.32 Å². The summed E-state index contributed by atoms with van der Waals surface area (Å²) in [5, 5.41) is 23.4. The molecule has 9 heteroatoms. The van der Waals surface area contributed by atoms with Gasteiger partial charge in [-0.05, 0) is 42.5 Å². The van der Waals surface area contributed by atoms with E-state index >= 15 is 0 Å². The topological polar surface area (TPSA) is 109 Å². The van der Waals surface area contributed by atoms with Crippen molar-refractivity contribution in [3.63, 3.8) is 0 Å². The fourth-order valence-electron chi connectivity index (χ4n) is 2.45. The molecular formula is C20H11Cl2N3O4. The van der Waals surface area contributed by atoms with Crippen LogP contribution in [0.15, 0.2) is 64.6 Å². The molecule has 0 aliphatic heterocycles. The number of halogens is 2. The van der Waals surface area contributed by atoms with Crippen LogP contribution in [0.3, 0.4) is 0 Å². The number of rotatable bonds is 5. The predicted molar refractivity (Wildman–Crippen MR) is 109 cm³/mol. The van der Waals surface area contributed by atoms with Crippen molar-refractivity contribution >= 4 is 46.6 Å². The summed E-state index contributed by atoms with van der Waals surface area (Å²) >= 11 is 11.7. The van der Waals surface area contributed by atoms with Gasteiger partial charge in [-0.1, -0.05) is 29.3 Å². The van der Waals surface area contributed by atoms with Gasteiger partial charge in [0.25, 0.3) is 11.6 Å². The summed E-state index contributed by atoms with van der Waals surface area (Å²) in [4.78, 5) is 22.8. The fourth-order valence-corrected chi connectivity index (χ4v) is 2.82. The molecule has 0 saturated heterocycles. The molecule has 0 atom stereocenters. The summed E-state index contributed by atoms with van der Waals surface area (Å²) in [6.07, 6.45) is 1.27. The number of nitro benzene ring substituents is 1. The van der Waals surface area contributed by atoms with E-state index in [0.717, 1.165) is 0 Å². The minimum atomic E-state index is -0.630. The minimum absolute atomic E-state index is 0.00915. The molecule has 0 saturated carbocycles. The van der Waals surface area contributed by atoms with E-state index in [2.05, 4.69) is 5.32 Å². The summed E-state index contributed by atoms with van der Waals surface area (Å²) in [6.45, 7) is 0. The highest BCUT2D eigenvalue weighted by Gasteiger charge is 2.16. The third-order valence-electron chi connectivity index (χ3n) is 3.79. The number of nitro groups is 1. The molecule has 1 heterocycles. The second kappa shape index (κ2) is 8.61. The lowest BCUT2D eigenvalue weighted by Gasteiger charge is -2.04. The maximum atomic E-state index is 12.3. The van der Waals surface area contributed by atoms with Crippen LogP contribution in [0.4, 0.5) is 11.4 Å². The molecule has 0 radical (unpaired) electrons. The molecule has 0 spiro atoms. The standard InChI is InChI=1S/C20H11Cl2N3O4/c21-14-2-1-3-15(10-14)24-20(26)13(11-23)8-16-5-7-19(29-16)12-4-6-17(22)18(9-12)25(27)28/h1-10H,(H,24,26). The molecule has 0 aliphatic carbocycles. The van der Waals surface area contributed by atoms with Crippen molar-refractivity contribution in [3.8, 4) is 17.4 Å². The summed E-state index contributed by atoms with van der Waals surface area (Å²) in [7, 11) is 0. The summed E-state index contributed by atoms with van der Waals surface area (Å²) in [5.74, 6) is -0.0752. The maximum absolute atomic E-state index is 12.3. The first-order valence-electron chi connectivity index (χ1n) is 8.10. The largest absolute Gasteiger partial charge is 0.457 e. The monoisotopic (exact) mass is 427 g/mol. The quantitative estimate of drug-likeness (QED) is 0.242. The number of nitrogens with zero attached hydrogens (tertiary/aromatic N) is 2. The van der Waals surface area contributed by atoms with Crippen LogP contribution < -0.4 is 5.32 Å². The van der Waals surface area contributed by atoms with E-state index in [0.29, 0.717) is 22.0 Å². The molecule has 0 fully saturated rings. The highest BCUT2D eigenvalue weighted by molar-refractivity contribution is 6.32. The molecular weight excluding hydrogens is 417 g/mol. The Balaban J connectivity index is 1.84. The minimum Gasteiger partial charge on any atom is -0.457 e. The molecule has 3 rings (SSSR count). The normalized spacial score (nSPS) is 11.0. The lowest BCUT2D eigenvalue weighted by Crippen LogP contribution is -2.13. The number of hydrogen-bond donors (Lipinski definition) is 1. The van der Waals surface area contributed by atoms with Gasteiger partial charge >= 0.3 is 0 Å². The average Bonchev–Trinajstić information content (AvgIpc) is 3.14. The van der Waals surface area contributed by atoms with Gasteiger partial charge in [-0.25, -0.2) is 0 Å². The van der Waals surface area contributed by atoms with Crippen LogP contribution in [0.5, 0.6) is 0 Å². The number of benzene rings is 2. The number of furan rings is 1. The van der Waals surface area contributed by atoms with Gasteiger partial charge < -0.3 is 9.73 Å². The SMILES string of the molecule is N#CC(=Cc1ccc(-c2ccc(Cl)c([N+](=O)[O-])c2)o1)C(=O)Nc1cccc(Cl)c1. The number of carbonyl (C=O) groups is 1. The molecule has 1 aromatic heterocycles. The Kier molecular flexibility index (Phi) is 5.98. The average molecular weight is 428 g/mol. The van der Waals surface area contributed by atoms with E-state index in [1.54, 1.807) is 42.5 Å². The molecule has 29 heavy (non-hydrogen) atoms. The Morgan fingerprint density at radius 1 is 1.17 bits per heavy atom. The number of anilines is 1. The Hall–Kier alpha value is -3.60. The highest BCUT2D eigenvalue weighted by Crippen LogP contribution is 2.31. The van der Waals surface area contributed by atoms with Crippen LogP contribution in [-0.2, 0) is 4.79 Å². The number of carbonyl (C=O) groups excluding carboxylic acids is 1. The molecule has 0 aliphatic rings. The highest BCUT2D eigenvalue weighted by atomic mass is 35.5. The number of hydrogen-bond acceptors (Lipinski definition) is 5. The predicted octanol–water partition coefficient (Wildman–Crippen LogP) is 5.71. The van der Waals surface area contributed by atoms with Crippen molar-refractivity contribution in [2.24, 2.45) is 0 Å². The van der Waals surface area contributed by atoms with E-state index in [1.807, 2.05) is 6.07 Å². The molecule has 0 unspecified atom stereocenters. The molecule has 1 amide bonds. The first-order valence-corrected chi connectivity index (χ1v) is 8.86. The van der Waals surface area contributed by atoms with Gasteiger partial charge in [0, 0.05) is 28.4 Å². The Morgan fingerprint density at radius 3 is 2.66 bits per heavy atom. The molecule has 2 aromatic carbocycles. The van der Waals surface area contributed by atoms with Gasteiger partial charge in [-0.3, -0.25) is 14.9 Å². The van der Waals surface area contributed by atoms with Gasteiger partial charge in [0.1, 0.15) is 28.2 Å². The lowest BCUT2D eigenvalue weighted by molar-refractivity contribution is -0.384. The fraction of sp³-hybridized carbons (Fsp3) is 0. The van der Waals surface area contributed by atoms with E-state index in [4.69, 9.17) is 27.6 Å². The van der Waals surface area contributed by atoms with Crippen LogP contribution in [0.25, 0.3) is 17.4 Å². The van der Waals surface area contributed by atoms with Crippen molar-refractivity contribution in [1.82, 2.24) is 0 Å². The summed E-state index contributed by atoms with van der Waals surface area (Å²) in [6, 6.07) is 15.7. The van der Waals surface area contributed by atoms with E-state index < -0.39 is 10.8 Å². The zero-order valence-corrected chi connectivity index (χ0v) is 16.1. The molecule has 1 N–H and O–H groups in total. The Bertz CT molecular complexity index is 1180. The van der Waals surface area contributed by atoms with E-state index in [1.165, 1.54) is 18.2 Å².